The van der Waals surface area contributed by atoms with E-state index in [2.05, 4.69) is 33.1 Å². The second-order valence-corrected chi connectivity index (χ2v) is 8.66. The van der Waals surface area contributed by atoms with Gasteiger partial charge in [0.15, 0.2) is 0 Å². The second kappa shape index (κ2) is 7.11. The van der Waals surface area contributed by atoms with Gasteiger partial charge in [-0.15, -0.1) is 0 Å². The average Bonchev–Trinajstić information content (AvgIpc) is 2.57. The molecule has 1 aliphatic heterocycles. The first kappa shape index (κ1) is 20.7. The summed E-state index contributed by atoms with van der Waals surface area (Å²) in [5.41, 5.74) is -5.12. The Balaban J connectivity index is 1.93. The average molecular weight is 421 g/mol. The standard InChI is InChI=1S/C17H19F4N3O3S/c1-9-4-11(5-10(2)24(9)3)15-8-13-14(18)6-12(7-16(13)23-22-15)27-28(25,26)17(19,20)21/h6-11H,4-5H2,1-3H3. The molecule has 0 radical (unpaired) electrons. The number of nitrogens with zero attached hydrogens (tertiary/aromatic N) is 3. The van der Waals surface area contributed by atoms with E-state index in [-0.39, 0.29) is 16.8 Å². The van der Waals surface area contributed by atoms with Crippen LogP contribution in [-0.4, -0.2) is 48.2 Å². The summed E-state index contributed by atoms with van der Waals surface area (Å²) >= 11 is 0. The van der Waals surface area contributed by atoms with Crippen LogP contribution in [0.15, 0.2) is 18.2 Å². The van der Waals surface area contributed by atoms with Crippen LogP contribution in [0, 0.1) is 5.82 Å². The Bertz CT molecular complexity index is 985. The van der Waals surface area contributed by atoms with Gasteiger partial charge in [0.25, 0.3) is 0 Å². The number of piperidine rings is 1. The number of benzene rings is 1. The Morgan fingerprint density at radius 1 is 1.11 bits per heavy atom. The fourth-order valence-corrected chi connectivity index (χ4v) is 3.89. The van der Waals surface area contributed by atoms with Crippen LogP contribution in [0.3, 0.4) is 0 Å². The van der Waals surface area contributed by atoms with E-state index in [9.17, 15) is 26.0 Å². The molecule has 1 aromatic heterocycles. The van der Waals surface area contributed by atoms with Gasteiger partial charge in [0.1, 0.15) is 11.6 Å². The molecular weight excluding hydrogens is 402 g/mol. The molecule has 2 atom stereocenters. The van der Waals surface area contributed by atoms with Crippen LogP contribution in [0.25, 0.3) is 10.9 Å². The first-order chi connectivity index (χ1) is 12.9. The van der Waals surface area contributed by atoms with E-state index in [1.807, 2.05) is 7.05 Å². The largest absolute Gasteiger partial charge is 0.534 e. The van der Waals surface area contributed by atoms with Crippen molar-refractivity contribution >= 4 is 21.0 Å². The first-order valence-electron chi connectivity index (χ1n) is 8.58. The summed E-state index contributed by atoms with van der Waals surface area (Å²) in [5, 5.41) is 8.01. The highest BCUT2D eigenvalue weighted by Crippen LogP contribution is 2.35. The molecule has 1 saturated heterocycles. The number of aromatic nitrogens is 2. The van der Waals surface area contributed by atoms with Gasteiger partial charge in [0, 0.05) is 35.5 Å². The van der Waals surface area contributed by atoms with E-state index in [0.29, 0.717) is 23.8 Å². The molecule has 2 heterocycles. The maximum atomic E-state index is 14.4. The molecule has 28 heavy (non-hydrogen) atoms. The maximum absolute atomic E-state index is 14.4. The van der Waals surface area contributed by atoms with E-state index in [1.54, 1.807) is 0 Å². The normalized spacial score (nSPS) is 24.5. The van der Waals surface area contributed by atoms with Crippen LogP contribution >= 0.6 is 0 Å². The minimum atomic E-state index is -5.90. The Labute approximate surface area is 159 Å². The summed E-state index contributed by atoms with van der Waals surface area (Å²) < 4.78 is 78.0. The summed E-state index contributed by atoms with van der Waals surface area (Å²) in [7, 11) is -3.86. The molecule has 1 fully saturated rings. The van der Waals surface area contributed by atoms with Crippen LogP contribution < -0.4 is 4.18 Å². The Morgan fingerprint density at radius 2 is 1.71 bits per heavy atom. The van der Waals surface area contributed by atoms with Gasteiger partial charge in [-0.05, 0) is 39.8 Å². The lowest BCUT2D eigenvalue weighted by Crippen LogP contribution is -2.43. The van der Waals surface area contributed by atoms with E-state index < -0.39 is 27.2 Å². The van der Waals surface area contributed by atoms with Gasteiger partial charge in [-0.25, -0.2) is 4.39 Å². The van der Waals surface area contributed by atoms with Gasteiger partial charge in [0.05, 0.1) is 11.2 Å². The molecular formula is C17H19F4N3O3S. The van der Waals surface area contributed by atoms with Crippen molar-refractivity contribution in [1.29, 1.82) is 0 Å². The van der Waals surface area contributed by atoms with Gasteiger partial charge in [-0.2, -0.15) is 31.8 Å². The molecule has 0 aliphatic carbocycles. The van der Waals surface area contributed by atoms with Crippen LogP contribution in [0.2, 0.25) is 0 Å². The number of rotatable bonds is 3. The van der Waals surface area contributed by atoms with Crippen LogP contribution in [0.5, 0.6) is 5.75 Å². The lowest BCUT2D eigenvalue weighted by Gasteiger charge is -2.40. The van der Waals surface area contributed by atoms with Crippen molar-refractivity contribution in [2.75, 3.05) is 7.05 Å². The van der Waals surface area contributed by atoms with Crippen molar-refractivity contribution in [2.45, 2.75) is 50.2 Å². The molecule has 0 N–H and O–H groups in total. The molecule has 154 valence electrons. The molecule has 0 bridgehead atoms. The van der Waals surface area contributed by atoms with Gasteiger partial charge < -0.3 is 9.08 Å². The zero-order chi connectivity index (χ0) is 20.9. The third-order valence-corrected chi connectivity index (χ3v) is 6.17. The summed E-state index contributed by atoms with van der Waals surface area (Å²) in [6.07, 6.45) is 1.63. The predicted octanol–water partition coefficient (Wildman–Crippen LogP) is 3.58. The number of likely N-dealkylation sites (tertiary alicyclic amines) is 1. The number of hydrogen-bond donors (Lipinski definition) is 0. The van der Waals surface area contributed by atoms with Crippen LogP contribution in [-0.2, 0) is 10.1 Å². The Kier molecular flexibility index (Phi) is 5.26. The zero-order valence-corrected chi connectivity index (χ0v) is 16.2. The molecule has 0 amide bonds. The Hall–Kier alpha value is -2.01. The van der Waals surface area contributed by atoms with Crippen molar-refractivity contribution in [1.82, 2.24) is 15.1 Å². The highest BCUT2D eigenvalue weighted by molar-refractivity contribution is 7.88. The van der Waals surface area contributed by atoms with E-state index in [0.717, 1.165) is 18.9 Å². The zero-order valence-electron chi connectivity index (χ0n) is 15.4. The third-order valence-electron chi connectivity index (χ3n) is 5.20. The van der Waals surface area contributed by atoms with E-state index in [1.165, 1.54) is 6.07 Å². The molecule has 0 spiro atoms. The lowest BCUT2D eigenvalue weighted by molar-refractivity contribution is -0.0500. The topological polar surface area (TPSA) is 72.4 Å². The predicted molar refractivity (Wildman–Crippen MR) is 93.8 cm³/mol. The SMILES string of the molecule is CC1CC(c2cc3c(F)cc(OS(=O)(=O)C(F)(F)F)cc3nn2)CC(C)N1C. The number of halogens is 4. The summed E-state index contributed by atoms with van der Waals surface area (Å²) in [6, 6.07) is 3.63. The molecule has 11 heteroatoms. The van der Waals surface area contributed by atoms with Crippen molar-refractivity contribution in [3.63, 3.8) is 0 Å². The third kappa shape index (κ3) is 3.90. The highest BCUT2D eigenvalue weighted by Gasteiger charge is 2.48. The lowest BCUT2D eigenvalue weighted by atomic mass is 9.85. The minimum Gasteiger partial charge on any atom is -0.376 e. The Morgan fingerprint density at radius 3 is 2.29 bits per heavy atom. The molecule has 0 saturated carbocycles. The molecule has 6 nitrogen and oxygen atoms in total. The molecule has 1 aliphatic rings. The van der Waals surface area contributed by atoms with E-state index >= 15 is 0 Å². The van der Waals surface area contributed by atoms with Crippen LogP contribution in [0.1, 0.15) is 38.3 Å². The number of hydrogen-bond acceptors (Lipinski definition) is 6. The van der Waals surface area contributed by atoms with Crippen LogP contribution in [0.4, 0.5) is 17.6 Å². The summed E-state index contributed by atoms with van der Waals surface area (Å²) in [6.45, 7) is 4.17. The van der Waals surface area contributed by atoms with Gasteiger partial charge in [0.2, 0.25) is 0 Å². The summed E-state index contributed by atoms with van der Waals surface area (Å²) in [4.78, 5) is 2.25. The molecule has 3 rings (SSSR count). The smallest absolute Gasteiger partial charge is 0.376 e. The van der Waals surface area contributed by atoms with Crippen molar-refractivity contribution < 1.29 is 30.2 Å². The molecule has 2 aromatic rings. The van der Waals surface area contributed by atoms with E-state index in [4.69, 9.17) is 0 Å². The highest BCUT2D eigenvalue weighted by atomic mass is 32.2. The number of alkyl halides is 3. The monoisotopic (exact) mass is 421 g/mol. The minimum absolute atomic E-state index is 0.0426. The second-order valence-electron chi connectivity index (χ2n) is 7.12. The van der Waals surface area contributed by atoms with Crippen molar-refractivity contribution in [3.8, 4) is 5.75 Å². The van der Waals surface area contributed by atoms with Gasteiger partial charge >= 0.3 is 15.6 Å². The number of fused-ring (bicyclic) bond motifs is 1. The fourth-order valence-electron chi connectivity index (χ4n) is 3.44. The quantitative estimate of drug-likeness (QED) is 0.429. The summed E-state index contributed by atoms with van der Waals surface area (Å²) in [5.74, 6) is -1.68. The van der Waals surface area contributed by atoms with Crippen molar-refractivity contribution in [2.24, 2.45) is 0 Å². The first-order valence-corrected chi connectivity index (χ1v) is 9.99. The fraction of sp³-hybridized carbons (Fsp3) is 0.529. The molecule has 1 aromatic carbocycles. The molecule has 2 unspecified atom stereocenters. The van der Waals surface area contributed by atoms with Gasteiger partial charge in [-0.3, -0.25) is 0 Å². The maximum Gasteiger partial charge on any atom is 0.534 e. The van der Waals surface area contributed by atoms with Crippen molar-refractivity contribution in [3.05, 3.63) is 29.7 Å². The van der Waals surface area contributed by atoms with Gasteiger partial charge in [-0.1, -0.05) is 0 Å².